The zero-order chi connectivity index (χ0) is 17.0. The lowest BCUT2D eigenvalue weighted by Crippen LogP contribution is -2.39. The summed E-state index contributed by atoms with van der Waals surface area (Å²) in [6, 6.07) is 5.47. The number of hydrogen-bond donors (Lipinski definition) is 2. The molecule has 0 bridgehead atoms. The molecule has 0 saturated carbocycles. The molecule has 0 radical (unpaired) electrons. The number of nitrogens with zero attached hydrogens (tertiary/aromatic N) is 1. The Kier molecular flexibility index (Phi) is 5.71. The quantitative estimate of drug-likeness (QED) is 0.865. The predicted octanol–water partition coefficient (Wildman–Crippen LogP) is 1.62. The summed E-state index contributed by atoms with van der Waals surface area (Å²) in [5.41, 5.74) is 0.621. The number of likely N-dealkylation sites (tertiary alicyclic amines) is 1. The Morgan fingerprint density at radius 2 is 2.04 bits per heavy atom. The van der Waals surface area contributed by atoms with Crippen LogP contribution in [0.5, 0.6) is 0 Å². The van der Waals surface area contributed by atoms with Gasteiger partial charge in [0.05, 0.1) is 12.0 Å². The topological polar surface area (TPSA) is 69.6 Å². The number of halogens is 1. The van der Waals surface area contributed by atoms with E-state index in [0.29, 0.717) is 31.5 Å². The van der Waals surface area contributed by atoms with E-state index in [9.17, 15) is 19.1 Å². The van der Waals surface area contributed by atoms with Crippen molar-refractivity contribution < 1.29 is 19.1 Å². The van der Waals surface area contributed by atoms with Crippen molar-refractivity contribution in [3.63, 3.8) is 0 Å². The molecule has 1 fully saturated rings. The van der Waals surface area contributed by atoms with Crippen LogP contribution >= 0.6 is 0 Å². The molecule has 126 valence electrons. The Hall–Kier alpha value is -1.95. The van der Waals surface area contributed by atoms with Gasteiger partial charge < -0.3 is 15.3 Å². The van der Waals surface area contributed by atoms with Gasteiger partial charge >= 0.3 is 0 Å². The van der Waals surface area contributed by atoms with Gasteiger partial charge in [0.15, 0.2) is 0 Å². The summed E-state index contributed by atoms with van der Waals surface area (Å²) >= 11 is 0. The lowest BCUT2D eigenvalue weighted by molar-refractivity contribution is -0.128. The second-order valence-electron chi connectivity index (χ2n) is 6.16. The first-order valence-corrected chi connectivity index (χ1v) is 7.86. The molecule has 23 heavy (non-hydrogen) atoms. The first-order valence-electron chi connectivity index (χ1n) is 7.86. The van der Waals surface area contributed by atoms with E-state index in [1.165, 1.54) is 31.2 Å². The normalized spacial score (nSPS) is 20.2. The maximum Gasteiger partial charge on any atom is 0.225 e. The third kappa shape index (κ3) is 4.76. The van der Waals surface area contributed by atoms with Crippen molar-refractivity contribution in [2.75, 3.05) is 13.1 Å². The Morgan fingerprint density at radius 1 is 1.39 bits per heavy atom. The zero-order valence-electron chi connectivity index (χ0n) is 13.5. The Morgan fingerprint density at radius 3 is 2.61 bits per heavy atom. The summed E-state index contributed by atoms with van der Waals surface area (Å²) in [4.78, 5) is 25.2. The van der Waals surface area contributed by atoms with Crippen molar-refractivity contribution in [1.82, 2.24) is 10.2 Å². The molecule has 2 rings (SSSR count). The first kappa shape index (κ1) is 17.4. The van der Waals surface area contributed by atoms with Gasteiger partial charge in [-0.3, -0.25) is 9.59 Å². The van der Waals surface area contributed by atoms with Crippen molar-refractivity contribution in [2.24, 2.45) is 5.92 Å². The summed E-state index contributed by atoms with van der Waals surface area (Å²) in [7, 11) is 0. The smallest absolute Gasteiger partial charge is 0.225 e. The van der Waals surface area contributed by atoms with Crippen LogP contribution in [0.25, 0.3) is 0 Å². The van der Waals surface area contributed by atoms with Gasteiger partial charge in [-0.2, -0.15) is 0 Å². The highest BCUT2D eigenvalue weighted by Gasteiger charge is 2.30. The lowest BCUT2D eigenvalue weighted by Gasteiger charge is -2.20. The van der Waals surface area contributed by atoms with Gasteiger partial charge in [-0.05, 0) is 37.5 Å². The van der Waals surface area contributed by atoms with Crippen molar-refractivity contribution in [3.05, 3.63) is 35.6 Å². The van der Waals surface area contributed by atoms with Gasteiger partial charge in [0, 0.05) is 26.1 Å². The Balaban J connectivity index is 1.82. The number of benzene rings is 1. The molecule has 6 heteroatoms. The Bertz CT molecular complexity index is 561. The molecule has 3 unspecified atom stereocenters. The maximum atomic E-state index is 12.9. The molecule has 1 aliphatic heterocycles. The highest BCUT2D eigenvalue weighted by atomic mass is 19.1. The summed E-state index contributed by atoms with van der Waals surface area (Å²) in [5.74, 6) is -0.643. The van der Waals surface area contributed by atoms with Gasteiger partial charge in [0.2, 0.25) is 11.8 Å². The minimum absolute atomic E-state index is 0.0138. The van der Waals surface area contributed by atoms with E-state index >= 15 is 0 Å². The van der Waals surface area contributed by atoms with E-state index in [1.807, 2.05) is 6.92 Å². The molecule has 0 aliphatic carbocycles. The monoisotopic (exact) mass is 322 g/mol. The van der Waals surface area contributed by atoms with E-state index in [2.05, 4.69) is 5.32 Å². The van der Waals surface area contributed by atoms with Crippen molar-refractivity contribution >= 4 is 11.8 Å². The zero-order valence-corrected chi connectivity index (χ0v) is 13.5. The molecule has 1 heterocycles. The predicted molar refractivity (Wildman–Crippen MR) is 83.9 cm³/mol. The average Bonchev–Trinajstić information content (AvgIpc) is 2.97. The SMILES string of the molecule is CC(=O)N1CCC(C(=O)NC(C)CC(O)c2ccc(F)cc2)C1. The van der Waals surface area contributed by atoms with Gasteiger partial charge in [-0.25, -0.2) is 4.39 Å². The molecule has 1 aliphatic rings. The van der Waals surface area contributed by atoms with Gasteiger partial charge in [0.1, 0.15) is 5.82 Å². The van der Waals surface area contributed by atoms with E-state index < -0.39 is 6.10 Å². The van der Waals surface area contributed by atoms with E-state index in [0.717, 1.165) is 0 Å². The van der Waals surface area contributed by atoms with Crippen LogP contribution < -0.4 is 5.32 Å². The summed E-state index contributed by atoms with van der Waals surface area (Å²) < 4.78 is 12.9. The third-order valence-electron chi connectivity index (χ3n) is 4.22. The number of rotatable bonds is 5. The minimum atomic E-state index is -0.761. The van der Waals surface area contributed by atoms with Crippen LogP contribution in [0.4, 0.5) is 4.39 Å². The van der Waals surface area contributed by atoms with Crippen molar-refractivity contribution in [3.8, 4) is 0 Å². The van der Waals surface area contributed by atoms with E-state index in [4.69, 9.17) is 0 Å². The van der Waals surface area contributed by atoms with Crippen LogP contribution in [0, 0.1) is 11.7 Å². The molecule has 1 aromatic carbocycles. The van der Waals surface area contributed by atoms with Crippen LogP contribution in [0.3, 0.4) is 0 Å². The summed E-state index contributed by atoms with van der Waals surface area (Å²) in [5, 5.41) is 13.0. The number of carbonyl (C=O) groups excluding carboxylic acids is 2. The molecular weight excluding hydrogens is 299 g/mol. The van der Waals surface area contributed by atoms with Crippen LogP contribution in [-0.2, 0) is 9.59 Å². The first-order chi connectivity index (χ1) is 10.9. The highest BCUT2D eigenvalue weighted by molar-refractivity contribution is 5.81. The second-order valence-corrected chi connectivity index (χ2v) is 6.16. The molecule has 5 nitrogen and oxygen atoms in total. The number of nitrogens with one attached hydrogen (secondary N) is 1. The Labute approximate surface area is 135 Å². The summed E-state index contributed by atoms with van der Waals surface area (Å²) in [6.07, 6.45) is 0.252. The summed E-state index contributed by atoms with van der Waals surface area (Å²) in [6.45, 7) is 4.39. The second kappa shape index (κ2) is 7.55. The minimum Gasteiger partial charge on any atom is -0.388 e. The molecule has 2 amide bonds. The lowest BCUT2D eigenvalue weighted by atomic mass is 10.0. The molecular formula is C17H23FN2O3. The highest BCUT2D eigenvalue weighted by Crippen LogP contribution is 2.20. The maximum absolute atomic E-state index is 12.9. The fourth-order valence-corrected chi connectivity index (χ4v) is 2.84. The fourth-order valence-electron chi connectivity index (χ4n) is 2.84. The van der Waals surface area contributed by atoms with Crippen molar-refractivity contribution in [1.29, 1.82) is 0 Å². The molecule has 0 aromatic heterocycles. The molecule has 3 atom stereocenters. The number of carbonyl (C=O) groups is 2. The number of hydrogen-bond acceptors (Lipinski definition) is 3. The van der Waals surface area contributed by atoms with E-state index in [-0.39, 0.29) is 29.6 Å². The van der Waals surface area contributed by atoms with Gasteiger partial charge in [-0.15, -0.1) is 0 Å². The van der Waals surface area contributed by atoms with Crippen LogP contribution in [0.2, 0.25) is 0 Å². The fraction of sp³-hybridized carbons (Fsp3) is 0.529. The average molecular weight is 322 g/mol. The molecule has 0 spiro atoms. The number of aliphatic hydroxyl groups excluding tert-OH is 1. The van der Waals surface area contributed by atoms with Crippen LogP contribution in [-0.4, -0.2) is 41.0 Å². The largest absolute Gasteiger partial charge is 0.388 e. The molecule has 1 aromatic rings. The van der Waals surface area contributed by atoms with Gasteiger partial charge in [-0.1, -0.05) is 12.1 Å². The van der Waals surface area contributed by atoms with Crippen LogP contribution in [0.15, 0.2) is 24.3 Å². The van der Waals surface area contributed by atoms with Gasteiger partial charge in [0.25, 0.3) is 0 Å². The number of aliphatic hydroxyl groups is 1. The third-order valence-corrected chi connectivity index (χ3v) is 4.22. The molecule has 1 saturated heterocycles. The molecule has 2 N–H and O–H groups in total. The standard InChI is InChI=1S/C17H23FN2O3/c1-11(9-16(22)13-3-5-15(18)6-4-13)19-17(23)14-7-8-20(10-14)12(2)21/h3-6,11,14,16,22H,7-10H2,1-2H3,(H,19,23). The number of amides is 2. The van der Waals surface area contributed by atoms with Crippen molar-refractivity contribution in [2.45, 2.75) is 38.8 Å². The van der Waals surface area contributed by atoms with Crippen LogP contribution in [0.1, 0.15) is 38.4 Å². The van der Waals surface area contributed by atoms with E-state index in [1.54, 1.807) is 4.90 Å².